The first kappa shape index (κ1) is 15.5. The molecule has 2 heterocycles. The second-order valence-corrected chi connectivity index (χ2v) is 5.87. The molecule has 2 rings (SSSR count). The van der Waals surface area contributed by atoms with Crippen LogP contribution in [0.25, 0.3) is 0 Å². The van der Waals surface area contributed by atoms with Crippen molar-refractivity contribution < 1.29 is 4.79 Å². The zero-order chi connectivity index (χ0) is 12.3. The molecule has 1 N–H and O–H groups in total. The summed E-state index contributed by atoms with van der Waals surface area (Å²) >= 11 is 7.40. The molecule has 0 spiro atoms. The molecule has 1 aromatic rings. The lowest BCUT2D eigenvalue weighted by molar-refractivity contribution is -0.137. The summed E-state index contributed by atoms with van der Waals surface area (Å²) in [7, 11) is 0. The summed E-state index contributed by atoms with van der Waals surface area (Å²) in [5.74, 6) is 0.332. The molecule has 0 aromatic carbocycles. The van der Waals surface area contributed by atoms with Gasteiger partial charge in [-0.1, -0.05) is 17.7 Å². The van der Waals surface area contributed by atoms with Gasteiger partial charge in [0.1, 0.15) is 0 Å². The quantitative estimate of drug-likeness (QED) is 0.848. The van der Waals surface area contributed by atoms with E-state index in [1.807, 2.05) is 17.0 Å². The minimum absolute atomic E-state index is 0. The van der Waals surface area contributed by atoms with E-state index in [9.17, 15) is 4.79 Å². The van der Waals surface area contributed by atoms with Crippen LogP contribution in [0.4, 0.5) is 0 Å². The fourth-order valence-electron chi connectivity index (χ4n) is 1.73. The number of amides is 1. The Balaban J connectivity index is 0.00000162. The highest BCUT2D eigenvalue weighted by Crippen LogP contribution is 2.23. The van der Waals surface area contributed by atoms with Crippen LogP contribution in [0, 0.1) is 5.92 Å². The number of hydrogen-bond donors (Lipinski definition) is 1. The summed E-state index contributed by atoms with van der Waals surface area (Å²) in [6, 6.07) is 3.83. The number of thiophene rings is 1. The van der Waals surface area contributed by atoms with E-state index in [4.69, 9.17) is 11.6 Å². The summed E-state index contributed by atoms with van der Waals surface area (Å²) < 4.78 is 0.760. The van der Waals surface area contributed by atoms with E-state index in [1.54, 1.807) is 6.08 Å². The Kier molecular flexibility index (Phi) is 6.15. The largest absolute Gasteiger partial charge is 0.334 e. The Morgan fingerprint density at radius 2 is 2.33 bits per heavy atom. The van der Waals surface area contributed by atoms with Crippen molar-refractivity contribution in [1.82, 2.24) is 10.2 Å². The average Bonchev–Trinajstić information content (AvgIpc) is 2.61. The third-order valence-electron chi connectivity index (χ3n) is 2.77. The molecule has 0 aliphatic carbocycles. The van der Waals surface area contributed by atoms with Crippen LogP contribution < -0.4 is 5.32 Å². The molecule has 0 atom stereocenters. The monoisotopic (exact) mass is 306 g/mol. The van der Waals surface area contributed by atoms with Gasteiger partial charge < -0.3 is 10.2 Å². The minimum atomic E-state index is 0. The molecule has 1 aliphatic rings. The van der Waals surface area contributed by atoms with Gasteiger partial charge in [0.05, 0.1) is 16.8 Å². The molecule has 0 bridgehead atoms. The molecule has 1 fully saturated rings. The third kappa shape index (κ3) is 3.72. The summed E-state index contributed by atoms with van der Waals surface area (Å²) in [5, 5.41) is 3.12. The first-order chi connectivity index (χ1) is 8.20. The molecule has 1 saturated heterocycles. The van der Waals surface area contributed by atoms with Crippen LogP contribution in [0.1, 0.15) is 4.88 Å². The lowest BCUT2D eigenvalue weighted by atomic mass is 10.0. The second-order valence-electron chi connectivity index (χ2n) is 4.07. The Hall–Kier alpha value is -0.550. The zero-order valence-electron chi connectivity index (χ0n) is 9.89. The van der Waals surface area contributed by atoms with Crippen LogP contribution in [0.3, 0.4) is 0 Å². The number of nitrogens with zero attached hydrogens (tertiary/aromatic N) is 1. The molecular formula is C12H16Cl2N2OS. The molecule has 6 heteroatoms. The molecule has 1 aliphatic heterocycles. The van der Waals surface area contributed by atoms with Crippen molar-refractivity contribution in [3.05, 3.63) is 34.0 Å². The summed E-state index contributed by atoms with van der Waals surface area (Å²) in [6.45, 7) is 6.49. The maximum atomic E-state index is 12.1. The van der Waals surface area contributed by atoms with E-state index >= 15 is 0 Å². The molecule has 100 valence electrons. The molecule has 0 saturated carbocycles. The Bertz CT molecular complexity index is 418. The number of carbonyl (C=O) groups is 1. The van der Waals surface area contributed by atoms with Crippen molar-refractivity contribution in [3.8, 4) is 0 Å². The third-order valence-corrected chi connectivity index (χ3v) is 3.98. The van der Waals surface area contributed by atoms with Crippen molar-refractivity contribution in [2.75, 3.05) is 19.6 Å². The van der Waals surface area contributed by atoms with Gasteiger partial charge in [-0.05, 0) is 12.1 Å². The van der Waals surface area contributed by atoms with Crippen LogP contribution in [0.5, 0.6) is 0 Å². The van der Waals surface area contributed by atoms with Gasteiger partial charge in [0.2, 0.25) is 5.91 Å². The lowest BCUT2D eigenvalue weighted by Gasteiger charge is -2.31. The maximum absolute atomic E-state index is 12.1. The molecule has 18 heavy (non-hydrogen) atoms. The van der Waals surface area contributed by atoms with E-state index in [0.29, 0.717) is 13.1 Å². The fourth-order valence-corrected chi connectivity index (χ4v) is 2.84. The van der Waals surface area contributed by atoms with Crippen LogP contribution >= 0.6 is 35.3 Å². The second kappa shape index (κ2) is 7.14. The predicted molar refractivity (Wildman–Crippen MR) is 78.6 cm³/mol. The van der Waals surface area contributed by atoms with Gasteiger partial charge in [0, 0.05) is 24.5 Å². The normalized spacial score (nSPS) is 14.5. The van der Waals surface area contributed by atoms with Gasteiger partial charge in [0.25, 0.3) is 0 Å². The smallest absolute Gasteiger partial charge is 0.228 e. The summed E-state index contributed by atoms with van der Waals surface area (Å²) in [6.07, 6.45) is 1.76. The molecule has 1 aromatic heterocycles. The van der Waals surface area contributed by atoms with E-state index < -0.39 is 0 Å². The average molecular weight is 307 g/mol. The van der Waals surface area contributed by atoms with Crippen molar-refractivity contribution in [2.24, 2.45) is 5.92 Å². The summed E-state index contributed by atoms with van der Waals surface area (Å²) in [5.41, 5.74) is 0. The minimum Gasteiger partial charge on any atom is -0.334 e. The number of hydrogen-bond acceptors (Lipinski definition) is 3. The first-order valence-electron chi connectivity index (χ1n) is 5.55. The number of rotatable bonds is 5. The van der Waals surface area contributed by atoms with E-state index in [-0.39, 0.29) is 24.2 Å². The maximum Gasteiger partial charge on any atom is 0.228 e. The number of halogens is 2. The van der Waals surface area contributed by atoms with Crippen LogP contribution in [0.2, 0.25) is 4.34 Å². The molecule has 3 nitrogen and oxygen atoms in total. The van der Waals surface area contributed by atoms with Gasteiger partial charge in [-0.3, -0.25) is 4.79 Å². The number of nitrogens with one attached hydrogen (secondary N) is 1. The van der Waals surface area contributed by atoms with Crippen molar-refractivity contribution in [3.63, 3.8) is 0 Å². The highest BCUT2D eigenvalue weighted by molar-refractivity contribution is 7.16. The van der Waals surface area contributed by atoms with Crippen molar-refractivity contribution >= 4 is 41.3 Å². The molecule has 0 radical (unpaired) electrons. The summed E-state index contributed by atoms with van der Waals surface area (Å²) in [4.78, 5) is 15.1. The van der Waals surface area contributed by atoms with Crippen molar-refractivity contribution in [2.45, 2.75) is 6.54 Å². The van der Waals surface area contributed by atoms with Gasteiger partial charge in [-0.2, -0.15) is 0 Å². The SMILES string of the molecule is C=CCN(Cc1ccc(Cl)s1)C(=O)C1CNC1.Cl. The van der Waals surface area contributed by atoms with Gasteiger partial charge >= 0.3 is 0 Å². The lowest BCUT2D eigenvalue weighted by Crippen LogP contribution is -2.51. The van der Waals surface area contributed by atoms with Gasteiger partial charge in [-0.15, -0.1) is 30.3 Å². The van der Waals surface area contributed by atoms with Crippen LogP contribution in [-0.4, -0.2) is 30.4 Å². The van der Waals surface area contributed by atoms with E-state index in [0.717, 1.165) is 22.3 Å². The predicted octanol–water partition coefficient (Wildman–Crippen LogP) is 2.56. The zero-order valence-corrected chi connectivity index (χ0v) is 12.3. The number of carbonyl (C=O) groups excluding carboxylic acids is 1. The van der Waals surface area contributed by atoms with Crippen LogP contribution in [-0.2, 0) is 11.3 Å². The first-order valence-corrected chi connectivity index (χ1v) is 6.74. The highest BCUT2D eigenvalue weighted by Gasteiger charge is 2.28. The Morgan fingerprint density at radius 3 is 2.78 bits per heavy atom. The van der Waals surface area contributed by atoms with E-state index in [1.165, 1.54) is 11.3 Å². The highest BCUT2D eigenvalue weighted by atomic mass is 35.5. The van der Waals surface area contributed by atoms with Crippen LogP contribution in [0.15, 0.2) is 24.8 Å². The van der Waals surface area contributed by atoms with E-state index in [2.05, 4.69) is 11.9 Å². The Morgan fingerprint density at radius 1 is 1.61 bits per heavy atom. The topological polar surface area (TPSA) is 32.3 Å². The van der Waals surface area contributed by atoms with Gasteiger partial charge in [-0.25, -0.2) is 0 Å². The Labute approximate surface area is 122 Å². The van der Waals surface area contributed by atoms with Gasteiger partial charge in [0.15, 0.2) is 0 Å². The standard InChI is InChI=1S/C12H15ClN2OS.ClH/c1-2-5-15(12(16)9-6-14-7-9)8-10-3-4-11(13)17-10;/h2-4,9,14H,1,5-8H2;1H. The molecule has 1 amide bonds. The van der Waals surface area contributed by atoms with Crippen molar-refractivity contribution in [1.29, 1.82) is 0 Å². The fraction of sp³-hybridized carbons (Fsp3) is 0.417. The molecular weight excluding hydrogens is 291 g/mol. The molecule has 0 unspecified atom stereocenters.